The van der Waals surface area contributed by atoms with Gasteiger partial charge < -0.3 is 10.8 Å². The molecule has 2 unspecified atom stereocenters. The average Bonchev–Trinajstić information content (AvgIpc) is 2.29. The minimum Gasteiger partial charge on any atom is -0.385 e. The van der Waals surface area contributed by atoms with Gasteiger partial charge in [0.1, 0.15) is 0 Å². The van der Waals surface area contributed by atoms with Crippen molar-refractivity contribution < 1.29 is 5.11 Å². The fraction of sp³-hybridized carbons (Fsp3) is 0.600. The normalized spacial score (nSPS) is 29.6. The summed E-state index contributed by atoms with van der Waals surface area (Å²) in [5, 5.41) is 10.7. The largest absolute Gasteiger partial charge is 0.385 e. The highest BCUT2D eigenvalue weighted by molar-refractivity contribution is 5.29. The van der Waals surface area contributed by atoms with Crippen molar-refractivity contribution >= 4 is 0 Å². The number of rotatable bonds is 2. The van der Waals surface area contributed by atoms with E-state index in [1.807, 2.05) is 0 Å². The third-order valence-electron chi connectivity index (χ3n) is 3.88. The van der Waals surface area contributed by atoms with Gasteiger partial charge in [-0.15, -0.1) is 0 Å². The molecule has 2 atom stereocenters. The van der Waals surface area contributed by atoms with Gasteiger partial charge in [0.2, 0.25) is 0 Å². The zero-order chi connectivity index (χ0) is 12.5. The van der Waals surface area contributed by atoms with Crippen LogP contribution < -0.4 is 5.73 Å². The molecule has 0 radical (unpaired) electrons. The number of nitrogens with two attached hydrogens (primary N) is 1. The minimum absolute atomic E-state index is 0.138. The summed E-state index contributed by atoms with van der Waals surface area (Å²) in [4.78, 5) is 0. The maximum atomic E-state index is 10.7. The number of hydrogen-bond acceptors (Lipinski definition) is 2. The van der Waals surface area contributed by atoms with Crippen LogP contribution in [0.25, 0.3) is 0 Å². The Morgan fingerprint density at radius 1 is 1.29 bits per heavy atom. The lowest BCUT2D eigenvalue weighted by Gasteiger charge is -2.36. The van der Waals surface area contributed by atoms with Crippen LogP contribution in [0.3, 0.4) is 0 Å². The molecular weight excluding hydrogens is 210 g/mol. The Bertz CT molecular complexity index is 371. The summed E-state index contributed by atoms with van der Waals surface area (Å²) in [5.41, 5.74) is 7.61. The average molecular weight is 233 g/mol. The number of benzene rings is 1. The second-order valence-corrected chi connectivity index (χ2v) is 5.66. The van der Waals surface area contributed by atoms with Crippen LogP contribution in [0.4, 0.5) is 0 Å². The Hall–Kier alpha value is -0.860. The lowest BCUT2D eigenvalue weighted by atomic mass is 9.77. The molecule has 0 saturated heterocycles. The molecule has 2 rings (SSSR count). The van der Waals surface area contributed by atoms with Crippen molar-refractivity contribution in [3.8, 4) is 0 Å². The van der Waals surface area contributed by atoms with Crippen LogP contribution in [0.5, 0.6) is 0 Å². The van der Waals surface area contributed by atoms with E-state index in [1.165, 1.54) is 5.56 Å². The summed E-state index contributed by atoms with van der Waals surface area (Å²) in [6.45, 7) is 4.36. The lowest BCUT2D eigenvalue weighted by molar-refractivity contribution is -0.00718. The summed E-state index contributed by atoms with van der Waals surface area (Å²) >= 11 is 0. The van der Waals surface area contributed by atoms with Crippen LogP contribution in [0.2, 0.25) is 0 Å². The minimum atomic E-state index is -0.701. The first-order valence-electron chi connectivity index (χ1n) is 6.60. The standard InChI is InChI=1S/C15H23NO/c1-11(2)12-5-7-13(8-6-12)15(17)9-3-4-14(16)10-15/h5-8,11,14,17H,3-4,9-10,16H2,1-2H3. The van der Waals surface area contributed by atoms with Crippen LogP contribution in [0.15, 0.2) is 24.3 Å². The Kier molecular flexibility index (Phi) is 3.55. The zero-order valence-corrected chi connectivity index (χ0v) is 10.8. The topological polar surface area (TPSA) is 46.2 Å². The highest BCUT2D eigenvalue weighted by atomic mass is 16.3. The van der Waals surface area contributed by atoms with E-state index in [0.717, 1.165) is 24.8 Å². The van der Waals surface area contributed by atoms with Crippen molar-refractivity contribution in [3.05, 3.63) is 35.4 Å². The molecule has 1 aliphatic rings. The number of hydrogen-bond donors (Lipinski definition) is 2. The molecule has 0 bridgehead atoms. The van der Waals surface area contributed by atoms with Crippen molar-refractivity contribution in [1.82, 2.24) is 0 Å². The molecule has 0 spiro atoms. The SMILES string of the molecule is CC(C)c1ccc(C2(O)CCCC(N)C2)cc1. The molecule has 94 valence electrons. The summed E-state index contributed by atoms with van der Waals surface area (Å²) < 4.78 is 0. The Morgan fingerprint density at radius 2 is 1.94 bits per heavy atom. The predicted molar refractivity (Wildman–Crippen MR) is 70.9 cm³/mol. The fourth-order valence-corrected chi connectivity index (χ4v) is 2.74. The van der Waals surface area contributed by atoms with E-state index in [4.69, 9.17) is 5.73 Å². The van der Waals surface area contributed by atoms with E-state index in [9.17, 15) is 5.11 Å². The maximum Gasteiger partial charge on any atom is 0.0911 e. The van der Waals surface area contributed by atoms with Crippen LogP contribution >= 0.6 is 0 Å². The van der Waals surface area contributed by atoms with E-state index >= 15 is 0 Å². The Labute approximate surface area is 104 Å². The van der Waals surface area contributed by atoms with Crippen molar-refractivity contribution in [2.75, 3.05) is 0 Å². The quantitative estimate of drug-likeness (QED) is 0.825. The summed E-state index contributed by atoms with van der Waals surface area (Å²) in [6, 6.07) is 8.51. The van der Waals surface area contributed by atoms with Crippen molar-refractivity contribution in [3.63, 3.8) is 0 Å². The molecule has 0 aliphatic heterocycles. The molecule has 0 amide bonds. The monoisotopic (exact) mass is 233 g/mol. The van der Waals surface area contributed by atoms with E-state index in [2.05, 4.69) is 38.1 Å². The first-order chi connectivity index (χ1) is 8.01. The molecule has 1 aromatic rings. The maximum absolute atomic E-state index is 10.7. The third-order valence-corrected chi connectivity index (χ3v) is 3.88. The molecule has 1 aliphatic carbocycles. The van der Waals surface area contributed by atoms with E-state index in [-0.39, 0.29) is 6.04 Å². The Balaban J connectivity index is 2.21. The van der Waals surface area contributed by atoms with Crippen LogP contribution in [0, 0.1) is 0 Å². The zero-order valence-electron chi connectivity index (χ0n) is 10.8. The summed E-state index contributed by atoms with van der Waals surface area (Å²) in [7, 11) is 0. The van der Waals surface area contributed by atoms with Gasteiger partial charge in [0, 0.05) is 6.04 Å². The van der Waals surface area contributed by atoms with Gasteiger partial charge in [-0.2, -0.15) is 0 Å². The molecule has 17 heavy (non-hydrogen) atoms. The smallest absolute Gasteiger partial charge is 0.0911 e. The highest BCUT2D eigenvalue weighted by Crippen LogP contribution is 2.36. The van der Waals surface area contributed by atoms with Gasteiger partial charge in [0.25, 0.3) is 0 Å². The van der Waals surface area contributed by atoms with Crippen molar-refractivity contribution in [2.45, 2.75) is 57.1 Å². The lowest BCUT2D eigenvalue weighted by Crippen LogP contribution is -2.39. The molecule has 1 fully saturated rings. The third kappa shape index (κ3) is 2.70. The summed E-state index contributed by atoms with van der Waals surface area (Å²) in [5.74, 6) is 0.535. The van der Waals surface area contributed by atoms with Gasteiger partial charge >= 0.3 is 0 Å². The van der Waals surface area contributed by atoms with Gasteiger partial charge in [-0.1, -0.05) is 38.1 Å². The highest BCUT2D eigenvalue weighted by Gasteiger charge is 2.34. The molecule has 1 aromatic carbocycles. The first kappa shape index (κ1) is 12.6. The van der Waals surface area contributed by atoms with Gasteiger partial charge in [-0.05, 0) is 42.7 Å². The number of aliphatic hydroxyl groups is 1. The molecule has 0 aromatic heterocycles. The fourth-order valence-electron chi connectivity index (χ4n) is 2.74. The van der Waals surface area contributed by atoms with Crippen molar-refractivity contribution in [1.29, 1.82) is 0 Å². The van der Waals surface area contributed by atoms with Crippen LogP contribution in [0.1, 0.15) is 56.6 Å². The molecule has 1 saturated carbocycles. The van der Waals surface area contributed by atoms with Gasteiger partial charge in [0.05, 0.1) is 5.60 Å². The first-order valence-corrected chi connectivity index (χ1v) is 6.60. The molecule has 2 heteroatoms. The van der Waals surface area contributed by atoms with Gasteiger partial charge in [0.15, 0.2) is 0 Å². The molecule has 0 heterocycles. The second-order valence-electron chi connectivity index (χ2n) is 5.66. The van der Waals surface area contributed by atoms with E-state index in [1.54, 1.807) is 0 Å². The van der Waals surface area contributed by atoms with Gasteiger partial charge in [-0.3, -0.25) is 0 Å². The molecular formula is C15H23NO. The molecule has 3 N–H and O–H groups in total. The van der Waals surface area contributed by atoms with E-state index in [0.29, 0.717) is 12.3 Å². The van der Waals surface area contributed by atoms with Crippen molar-refractivity contribution in [2.24, 2.45) is 5.73 Å². The second kappa shape index (κ2) is 4.79. The van der Waals surface area contributed by atoms with Gasteiger partial charge in [-0.25, -0.2) is 0 Å². The van der Waals surface area contributed by atoms with E-state index < -0.39 is 5.60 Å². The Morgan fingerprint density at radius 3 is 2.47 bits per heavy atom. The van der Waals surface area contributed by atoms with Crippen LogP contribution in [-0.4, -0.2) is 11.1 Å². The predicted octanol–water partition coefficient (Wildman–Crippen LogP) is 2.90. The van der Waals surface area contributed by atoms with Crippen LogP contribution in [-0.2, 0) is 5.60 Å². The molecule has 2 nitrogen and oxygen atoms in total. The summed E-state index contributed by atoms with van der Waals surface area (Å²) in [6.07, 6.45) is 3.58.